The fraction of sp³-hybridized carbons (Fsp3) is 0.214. The van der Waals surface area contributed by atoms with Crippen molar-refractivity contribution in [2.75, 3.05) is 5.43 Å². The highest BCUT2D eigenvalue weighted by Crippen LogP contribution is 2.14. The van der Waals surface area contributed by atoms with E-state index in [4.69, 9.17) is 0 Å². The van der Waals surface area contributed by atoms with E-state index in [-0.39, 0.29) is 0 Å². The topological polar surface area (TPSA) is 110 Å². The van der Waals surface area contributed by atoms with Crippen LogP contribution >= 0.6 is 0 Å². The molecular weight excluding hydrogens is 298 g/mol. The number of hydrazone groups is 1. The Morgan fingerprint density at radius 1 is 1.43 bits per heavy atom. The summed E-state index contributed by atoms with van der Waals surface area (Å²) in [5.74, 6) is 0.384. The maximum atomic E-state index is 12.0. The summed E-state index contributed by atoms with van der Waals surface area (Å²) >= 11 is 0. The molecule has 0 spiro atoms. The second kappa shape index (κ2) is 5.87. The molecule has 0 aliphatic carbocycles. The zero-order valence-corrected chi connectivity index (χ0v) is 12.6. The molecule has 0 unspecified atom stereocenters. The van der Waals surface area contributed by atoms with Gasteiger partial charge in [0, 0.05) is 31.5 Å². The molecule has 0 aliphatic rings. The molecule has 0 atom stereocenters. The molecule has 0 bridgehead atoms. The van der Waals surface area contributed by atoms with Crippen molar-refractivity contribution in [1.82, 2.24) is 24.1 Å². The number of aryl methyl sites for hydroxylation is 2. The minimum atomic E-state index is -0.506. The normalized spacial score (nSPS) is 11.4. The summed E-state index contributed by atoms with van der Waals surface area (Å²) < 4.78 is 2.95. The van der Waals surface area contributed by atoms with Gasteiger partial charge in [-0.05, 0) is 13.0 Å². The highest BCUT2D eigenvalue weighted by Gasteiger charge is 2.15. The lowest BCUT2D eigenvalue weighted by Gasteiger charge is -2.03. The Hall–Kier alpha value is -3.23. The Kier molecular flexibility index (Phi) is 3.75. The number of imidazole rings is 1. The lowest BCUT2D eigenvalue weighted by Crippen LogP contribution is -2.29. The van der Waals surface area contributed by atoms with Crippen molar-refractivity contribution in [1.29, 1.82) is 0 Å². The summed E-state index contributed by atoms with van der Waals surface area (Å²) in [4.78, 5) is 34.3. The van der Waals surface area contributed by atoms with Crippen LogP contribution in [-0.2, 0) is 13.6 Å². The molecule has 3 rings (SSSR count). The van der Waals surface area contributed by atoms with Crippen LogP contribution in [0.1, 0.15) is 12.5 Å². The van der Waals surface area contributed by atoms with E-state index in [2.05, 4.69) is 25.5 Å². The molecule has 23 heavy (non-hydrogen) atoms. The summed E-state index contributed by atoms with van der Waals surface area (Å²) in [6.45, 7) is 2.38. The van der Waals surface area contributed by atoms with Gasteiger partial charge in [-0.1, -0.05) is 6.07 Å². The standard InChI is InChI=1S/C14H15N7O2/c1-3-21-10-11(20(2)14(23)18-12(10)22)17-13(21)19-16-8-9-5-4-6-15-7-9/h4-8H,3H2,1-2H3,(H,17,19)(H,18,22,23)/b16-8-. The maximum Gasteiger partial charge on any atom is 0.329 e. The molecule has 118 valence electrons. The van der Waals surface area contributed by atoms with Gasteiger partial charge < -0.3 is 4.57 Å². The number of nitrogens with zero attached hydrogens (tertiary/aromatic N) is 5. The lowest BCUT2D eigenvalue weighted by atomic mass is 10.3. The van der Waals surface area contributed by atoms with Gasteiger partial charge in [-0.15, -0.1) is 0 Å². The number of hydrogen-bond donors (Lipinski definition) is 2. The smallest absolute Gasteiger partial charge is 0.303 e. The minimum absolute atomic E-state index is 0.305. The quantitative estimate of drug-likeness (QED) is 0.531. The van der Waals surface area contributed by atoms with Gasteiger partial charge >= 0.3 is 5.69 Å². The zero-order chi connectivity index (χ0) is 16.4. The van der Waals surface area contributed by atoms with Crippen molar-refractivity contribution in [2.45, 2.75) is 13.5 Å². The lowest BCUT2D eigenvalue weighted by molar-refractivity contribution is 0.781. The first-order valence-corrected chi connectivity index (χ1v) is 7.00. The predicted molar refractivity (Wildman–Crippen MR) is 86.7 cm³/mol. The number of H-pyrrole nitrogens is 1. The first-order valence-electron chi connectivity index (χ1n) is 7.00. The molecule has 0 saturated carbocycles. The van der Waals surface area contributed by atoms with E-state index in [0.717, 1.165) is 5.56 Å². The van der Waals surface area contributed by atoms with Crippen molar-refractivity contribution < 1.29 is 0 Å². The van der Waals surface area contributed by atoms with Crippen molar-refractivity contribution in [3.05, 3.63) is 50.9 Å². The highest BCUT2D eigenvalue weighted by atomic mass is 16.2. The Morgan fingerprint density at radius 2 is 2.26 bits per heavy atom. The second-order valence-corrected chi connectivity index (χ2v) is 4.83. The monoisotopic (exact) mass is 313 g/mol. The van der Waals surface area contributed by atoms with Gasteiger partial charge in [-0.25, -0.2) is 10.2 Å². The van der Waals surface area contributed by atoms with Crippen LogP contribution in [0.5, 0.6) is 0 Å². The first-order chi connectivity index (χ1) is 11.1. The van der Waals surface area contributed by atoms with E-state index < -0.39 is 11.2 Å². The van der Waals surface area contributed by atoms with Crippen LogP contribution in [-0.4, -0.2) is 30.3 Å². The zero-order valence-electron chi connectivity index (χ0n) is 12.6. The molecule has 0 radical (unpaired) electrons. The number of aromatic nitrogens is 5. The van der Waals surface area contributed by atoms with E-state index in [0.29, 0.717) is 23.7 Å². The fourth-order valence-corrected chi connectivity index (χ4v) is 2.24. The average molecular weight is 313 g/mol. The Morgan fingerprint density at radius 3 is 2.96 bits per heavy atom. The van der Waals surface area contributed by atoms with Crippen LogP contribution in [0, 0.1) is 0 Å². The predicted octanol–water partition coefficient (Wildman–Crippen LogP) is 0.284. The van der Waals surface area contributed by atoms with Crippen LogP contribution in [0.4, 0.5) is 5.95 Å². The number of hydrogen-bond acceptors (Lipinski definition) is 6. The van der Waals surface area contributed by atoms with Crippen molar-refractivity contribution in [2.24, 2.45) is 12.1 Å². The van der Waals surface area contributed by atoms with Gasteiger partial charge in [-0.2, -0.15) is 10.1 Å². The Labute approximate surface area is 130 Å². The third kappa shape index (κ3) is 2.63. The maximum absolute atomic E-state index is 12.0. The molecule has 0 fully saturated rings. The number of pyridine rings is 1. The van der Waals surface area contributed by atoms with Gasteiger partial charge in [0.05, 0.1) is 6.21 Å². The summed E-state index contributed by atoms with van der Waals surface area (Å²) in [5, 5.41) is 4.10. The van der Waals surface area contributed by atoms with Gasteiger partial charge in [0.25, 0.3) is 5.56 Å². The molecule has 0 aliphatic heterocycles. The molecule has 9 nitrogen and oxygen atoms in total. The van der Waals surface area contributed by atoms with Crippen LogP contribution in [0.15, 0.2) is 39.2 Å². The van der Waals surface area contributed by atoms with Gasteiger partial charge in [0.1, 0.15) is 0 Å². The summed E-state index contributed by atoms with van der Waals surface area (Å²) in [7, 11) is 1.55. The number of fused-ring (bicyclic) bond motifs is 1. The molecule has 2 N–H and O–H groups in total. The van der Waals surface area contributed by atoms with Crippen LogP contribution in [0.2, 0.25) is 0 Å². The Balaban J connectivity index is 2.03. The van der Waals surface area contributed by atoms with Gasteiger partial charge in [0.15, 0.2) is 11.2 Å². The van der Waals surface area contributed by atoms with Crippen molar-refractivity contribution in [3.8, 4) is 0 Å². The van der Waals surface area contributed by atoms with E-state index in [1.807, 2.05) is 13.0 Å². The van der Waals surface area contributed by atoms with Crippen LogP contribution in [0.3, 0.4) is 0 Å². The SMILES string of the molecule is CCn1c(N/N=C\c2cccnc2)nc2c1c(=O)[nH]c(=O)n2C. The largest absolute Gasteiger partial charge is 0.329 e. The number of aromatic amines is 1. The second-order valence-electron chi connectivity index (χ2n) is 4.83. The summed E-state index contributed by atoms with van der Waals surface area (Å²) in [5.41, 5.74) is 3.28. The molecule has 0 amide bonds. The molecule has 3 heterocycles. The van der Waals surface area contributed by atoms with E-state index in [1.165, 1.54) is 4.57 Å². The van der Waals surface area contributed by atoms with Crippen molar-refractivity contribution in [3.63, 3.8) is 0 Å². The van der Waals surface area contributed by atoms with Gasteiger partial charge in [0.2, 0.25) is 5.95 Å². The third-order valence-corrected chi connectivity index (χ3v) is 3.39. The fourth-order valence-electron chi connectivity index (χ4n) is 2.24. The number of anilines is 1. The Bertz CT molecular complexity index is 982. The molecular formula is C14H15N7O2. The number of rotatable bonds is 4. The molecule has 3 aromatic rings. The molecule has 0 saturated heterocycles. The van der Waals surface area contributed by atoms with Crippen LogP contribution in [0.25, 0.3) is 11.2 Å². The van der Waals surface area contributed by atoms with Gasteiger partial charge in [-0.3, -0.25) is 19.3 Å². The van der Waals surface area contributed by atoms with E-state index >= 15 is 0 Å². The van der Waals surface area contributed by atoms with E-state index in [1.54, 1.807) is 36.3 Å². The van der Waals surface area contributed by atoms with Crippen LogP contribution < -0.4 is 16.7 Å². The number of nitrogens with one attached hydrogen (secondary N) is 2. The average Bonchev–Trinajstić information content (AvgIpc) is 2.93. The minimum Gasteiger partial charge on any atom is -0.303 e. The molecule has 3 aromatic heterocycles. The summed E-state index contributed by atoms with van der Waals surface area (Å²) in [6.07, 6.45) is 4.94. The van der Waals surface area contributed by atoms with Crippen molar-refractivity contribution >= 4 is 23.3 Å². The van der Waals surface area contributed by atoms with E-state index in [9.17, 15) is 9.59 Å². The molecule has 0 aromatic carbocycles. The third-order valence-electron chi connectivity index (χ3n) is 3.39. The highest BCUT2D eigenvalue weighted by molar-refractivity contribution is 5.80. The summed E-state index contributed by atoms with van der Waals surface area (Å²) in [6, 6.07) is 3.66. The first kappa shape index (κ1) is 14.7. The molecule has 9 heteroatoms.